The van der Waals surface area contributed by atoms with Gasteiger partial charge in [0.05, 0.1) is 6.61 Å². The van der Waals surface area contributed by atoms with Gasteiger partial charge in [0.15, 0.2) is 11.6 Å². The number of nitrogens with two attached hydrogens (primary N) is 1. The summed E-state index contributed by atoms with van der Waals surface area (Å²) in [5.74, 6) is -0.450. The molecule has 0 aliphatic heterocycles. The molecule has 0 fully saturated rings. The molecule has 5 heteroatoms. The highest BCUT2D eigenvalue weighted by Crippen LogP contribution is 2.23. The van der Waals surface area contributed by atoms with Gasteiger partial charge in [-0.2, -0.15) is 0 Å². The van der Waals surface area contributed by atoms with Crippen molar-refractivity contribution in [2.75, 3.05) is 26.1 Å². The van der Waals surface area contributed by atoms with Crippen molar-refractivity contribution in [3.63, 3.8) is 0 Å². The Bertz CT molecular complexity index is 356. The summed E-state index contributed by atoms with van der Waals surface area (Å²) >= 11 is 0. The van der Waals surface area contributed by atoms with Crippen LogP contribution in [0.3, 0.4) is 0 Å². The Morgan fingerprint density at radius 1 is 1.47 bits per heavy atom. The van der Waals surface area contributed by atoms with Crippen LogP contribution in [0.4, 0.5) is 10.1 Å². The van der Waals surface area contributed by atoms with Crippen molar-refractivity contribution in [2.24, 2.45) is 0 Å². The topological polar surface area (TPSA) is 68.3 Å². The highest BCUT2D eigenvalue weighted by molar-refractivity contribution is 5.85. The predicted molar refractivity (Wildman–Crippen MR) is 56.1 cm³/mol. The van der Waals surface area contributed by atoms with E-state index < -0.39 is 5.82 Å². The van der Waals surface area contributed by atoms with Crippen molar-refractivity contribution in [2.45, 2.75) is 0 Å². The Hall–Kier alpha value is -1.62. The van der Waals surface area contributed by atoms with E-state index in [1.54, 1.807) is 0 Å². The van der Waals surface area contributed by atoms with Gasteiger partial charge in [0.25, 0.3) is 0 Å². The van der Waals surface area contributed by atoms with Crippen molar-refractivity contribution in [1.82, 2.24) is 0 Å². The molecule has 0 aliphatic carbocycles. The summed E-state index contributed by atoms with van der Waals surface area (Å²) in [6, 6.07) is 2.54. The molecule has 4 nitrogen and oxygen atoms in total. The molecule has 0 bridgehead atoms. The number of nitrogen functional groups attached to an aromatic ring is 1. The minimum Gasteiger partial charge on any atom is -0.488 e. The lowest BCUT2D eigenvalue weighted by molar-refractivity contribution is 0.144. The summed E-state index contributed by atoms with van der Waals surface area (Å²) in [5, 5.41) is 6.99. The lowest BCUT2D eigenvalue weighted by atomic mass is 10.2. The highest BCUT2D eigenvalue weighted by atomic mass is 19.1. The average Bonchev–Trinajstić information content (AvgIpc) is 2.23. The fraction of sp³-hybridized carbons (Fsp3) is 0.300. The number of halogens is 1. The van der Waals surface area contributed by atoms with E-state index in [4.69, 9.17) is 20.6 Å². The summed E-state index contributed by atoms with van der Waals surface area (Å²) in [5.41, 5.74) is 6.23. The number of anilines is 1. The van der Waals surface area contributed by atoms with Crippen LogP contribution < -0.4 is 10.5 Å². The van der Waals surface area contributed by atoms with E-state index in [1.165, 1.54) is 19.2 Å². The third-order valence-electron chi connectivity index (χ3n) is 1.84. The van der Waals surface area contributed by atoms with E-state index in [0.717, 1.165) is 6.21 Å². The monoisotopic (exact) mass is 212 g/mol. The van der Waals surface area contributed by atoms with Gasteiger partial charge >= 0.3 is 0 Å². The maximum absolute atomic E-state index is 13.3. The van der Waals surface area contributed by atoms with Gasteiger partial charge in [0.2, 0.25) is 0 Å². The molecule has 0 aliphatic rings. The molecule has 0 amide bonds. The maximum atomic E-state index is 13.3. The van der Waals surface area contributed by atoms with E-state index in [0.29, 0.717) is 17.9 Å². The molecule has 0 spiro atoms. The Balaban J connectivity index is 2.80. The Labute approximate surface area is 87.3 Å². The van der Waals surface area contributed by atoms with Crippen molar-refractivity contribution in [1.29, 1.82) is 5.41 Å². The van der Waals surface area contributed by atoms with E-state index >= 15 is 0 Å². The number of benzene rings is 1. The van der Waals surface area contributed by atoms with Crippen LogP contribution >= 0.6 is 0 Å². The molecule has 0 atom stereocenters. The van der Waals surface area contributed by atoms with Crippen LogP contribution in [0.15, 0.2) is 12.1 Å². The standard InChI is InChI=1S/C10H13FN2O2/c1-14-2-3-15-10-5-9(13)7(6-12)4-8(10)11/h4-6,12H,2-3,13H2,1H3. The lowest BCUT2D eigenvalue weighted by Crippen LogP contribution is -2.06. The van der Waals surface area contributed by atoms with Gasteiger partial charge in [-0.1, -0.05) is 0 Å². The molecule has 15 heavy (non-hydrogen) atoms. The summed E-state index contributed by atoms with van der Waals surface area (Å²) < 4.78 is 23.2. The molecule has 1 aromatic carbocycles. The number of ether oxygens (including phenoxy) is 2. The molecule has 1 aromatic rings. The fourth-order valence-electron chi connectivity index (χ4n) is 1.06. The van der Waals surface area contributed by atoms with Gasteiger partial charge in [-0.3, -0.25) is 0 Å². The van der Waals surface area contributed by atoms with Crippen LogP contribution in [-0.2, 0) is 4.74 Å². The average molecular weight is 212 g/mol. The largest absolute Gasteiger partial charge is 0.488 e. The zero-order chi connectivity index (χ0) is 11.3. The number of rotatable bonds is 5. The smallest absolute Gasteiger partial charge is 0.165 e. The van der Waals surface area contributed by atoms with Crippen LogP contribution in [0.5, 0.6) is 5.75 Å². The van der Waals surface area contributed by atoms with Crippen molar-refractivity contribution in [3.8, 4) is 5.75 Å². The Morgan fingerprint density at radius 3 is 2.80 bits per heavy atom. The highest BCUT2D eigenvalue weighted by Gasteiger charge is 2.07. The van der Waals surface area contributed by atoms with Crippen LogP contribution in [-0.4, -0.2) is 26.5 Å². The van der Waals surface area contributed by atoms with E-state index in [2.05, 4.69) is 0 Å². The molecule has 1 rings (SSSR count). The number of hydrogen-bond donors (Lipinski definition) is 2. The second-order valence-corrected chi connectivity index (χ2v) is 2.90. The zero-order valence-electron chi connectivity index (χ0n) is 8.42. The summed E-state index contributed by atoms with van der Waals surface area (Å²) in [4.78, 5) is 0. The van der Waals surface area contributed by atoms with E-state index in [1.807, 2.05) is 0 Å². The third-order valence-corrected chi connectivity index (χ3v) is 1.84. The molecule has 0 heterocycles. The van der Waals surface area contributed by atoms with Gasteiger partial charge in [0, 0.05) is 30.6 Å². The molecule has 0 aromatic heterocycles. The minimum absolute atomic E-state index is 0.0788. The van der Waals surface area contributed by atoms with E-state index in [9.17, 15) is 4.39 Å². The number of methoxy groups -OCH3 is 1. The molecule has 0 radical (unpaired) electrons. The normalized spacial score (nSPS) is 10.0. The van der Waals surface area contributed by atoms with Crippen LogP contribution in [0.25, 0.3) is 0 Å². The van der Waals surface area contributed by atoms with Crippen molar-refractivity contribution < 1.29 is 13.9 Å². The third kappa shape index (κ3) is 2.92. The van der Waals surface area contributed by atoms with E-state index in [-0.39, 0.29) is 12.4 Å². The SMILES string of the molecule is COCCOc1cc(N)c(C=N)cc1F. The Kier molecular flexibility index (Phi) is 4.05. The van der Waals surface area contributed by atoms with Crippen LogP contribution in [0.2, 0.25) is 0 Å². The summed E-state index contributed by atoms with van der Waals surface area (Å²) in [6.07, 6.45) is 0.997. The molecule has 0 unspecified atom stereocenters. The van der Waals surface area contributed by atoms with Gasteiger partial charge in [-0.05, 0) is 6.07 Å². The summed E-state index contributed by atoms with van der Waals surface area (Å²) in [7, 11) is 1.53. The first kappa shape index (κ1) is 11.5. The van der Waals surface area contributed by atoms with Crippen LogP contribution in [0.1, 0.15) is 5.56 Å². The van der Waals surface area contributed by atoms with Crippen molar-refractivity contribution >= 4 is 11.9 Å². The fourth-order valence-corrected chi connectivity index (χ4v) is 1.06. The first-order chi connectivity index (χ1) is 7.19. The summed E-state index contributed by atoms with van der Waals surface area (Å²) in [6.45, 7) is 0.641. The molecule has 82 valence electrons. The predicted octanol–water partition coefficient (Wildman–Crippen LogP) is 1.43. The molecular weight excluding hydrogens is 199 g/mol. The molecule has 0 saturated carbocycles. The quantitative estimate of drug-likeness (QED) is 0.440. The van der Waals surface area contributed by atoms with Gasteiger partial charge in [-0.25, -0.2) is 4.39 Å². The first-order valence-electron chi connectivity index (χ1n) is 4.40. The van der Waals surface area contributed by atoms with Gasteiger partial charge in [-0.15, -0.1) is 0 Å². The van der Waals surface area contributed by atoms with Crippen molar-refractivity contribution in [3.05, 3.63) is 23.5 Å². The van der Waals surface area contributed by atoms with Crippen LogP contribution in [0, 0.1) is 11.2 Å². The minimum atomic E-state index is -0.529. The lowest BCUT2D eigenvalue weighted by Gasteiger charge is -2.08. The molecule has 3 N–H and O–H groups in total. The number of nitrogens with one attached hydrogen (secondary N) is 1. The maximum Gasteiger partial charge on any atom is 0.165 e. The second-order valence-electron chi connectivity index (χ2n) is 2.90. The first-order valence-corrected chi connectivity index (χ1v) is 4.40. The second kappa shape index (κ2) is 5.31. The number of hydrogen-bond acceptors (Lipinski definition) is 4. The molecule has 0 saturated heterocycles. The molecular formula is C10H13FN2O2. The van der Waals surface area contributed by atoms with Gasteiger partial charge in [0.1, 0.15) is 6.61 Å². The Morgan fingerprint density at radius 2 is 2.20 bits per heavy atom. The van der Waals surface area contributed by atoms with Gasteiger partial charge < -0.3 is 20.6 Å². The zero-order valence-corrected chi connectivity index (χ0v) is 8.42.